The predicted octanol–water partition coefficient (Wildman–Crippen LogP) is -0.715. The maximum atomic E-state index is 11.9. The summed E-state index contributed by atoms with van der Waals surface area (Å²) in [6.07, 6.45) is 1.19. The summed E-state index contributed by atoms with van der Waals surface area (Å²) < 4.78 is 25.1. The van der Waals surface area contributed by atoms with Gasteiger partial charge < -0.3 is 5.73 Å². The van der Waals surface area contributed by atoms with E-state index in [4.69, 9.17) is 11.0 Å². The van der Waals surface area contributed by atoms with E-state index in [0.717, 1.165) is 0 Å². The average molecular weight is 238 g/mol. The molecule has 2 heterocycles. The summed E-state index contributed by atoms with van der Waals surface area (Å²) in [5.41, 5.74) is 5.72. The molecule has 1 aliphatic heterocycles. The van der Waals surface area contributed by atoms with E-state index in [9.17, 15) is 8.42 Å². The third-order valence-corrected chi connectivity index (χ3v) is 4.18. The molecule has 16 heavy (non-hydrogen) atoms. The van der Waals surface area contributed by atoms with E-state index in [0.29, 0.717) is 13.1 Å². The van der Waals surface area contributed by atoms with Gasteiger partial charge in [-0.3, -0.25) is 0 Å². The van der Waals surface area contributed by atoms with Crippen molar-refractivity contribution >= 4 is 10.0 Å². The van der Waals surface area contributed by atoms with Gasteiger partial charge in [0.1, 0.15) is 16.7 Å². The second kappa shape index (κ2) is 3.83. The third-order valence-electron chi connectivity index (χ3n) is 2.36. The molecule has 1 aromatic rings. The van der Waals surface area contributed by atoms with Crippen LogP contribution in [-0.4, -0.2) is 36.8 Å². The van der Waals surface area contributed by atoms with Crippen molar-refractivity contribution in [3.05, 3.63) is 24.0 Å². The summed E-state index contributed by atoms with van der Waals surface area (Å²) >= 11 is 0. The molecule has 1 aliphatic rings. The van der Waals surface area contributed by atoms with E-state index in [1.54, 1.807) is 0 Å². The van der Waals surface area contributed by atoms with Crippen LogP contribution in [0.25, 0.3) is 0 Å². The van der Waals surface area contributed by atoms with Crippen LogP contribution in [0.2, 0.25) is 0 Å². The molecule has 0 unspecified atom stereocenters. The van der Waals surface area contributed by atoms with Gasteiger partial charge in [-0.2, -0.15) is 9.57 Å². The van der Waals surface area contributed by atoms with E-state index in [2.05, 4.69) is 4.98 Å². The van der Waals surface area contributed by atoms with Gasteiger partial charge in [-0.1, -0.05) is 0 Å². The fourth-order valence-electron chi connectivity index (χ4n) is 1.41. The smallest absolute Gasteiger partial charge is 0.244 e. The minimum atomic E-state index is -3.48. The number of rotatable bonds is 2. The number of nitrogens with two attached hydrogens (primary N) is 1. The number of sulfonamides is 1. The van der Waals surface area contributed by atoms with Crippen LogP contribution in [0.1, 0.15) is 5.69 Å². The molecule has 0 aromatic carbocycles. The number of hydrogen-bond acceptors (Lipinski definition) is 5. The van der Waals surface area contributed by atoms with Gasteiger partial charge in [0.25, 0.3) is 0 Å². The van der Waals surface area contributed by atoms with Crippen molar-refractivity contribution in [2.75, 3.05) is 13.1 Å². The quantitative estimate of drug-likeness (QED) is 0.733. The standard InChI is InChI=1S/C9H10N4O2S/c10-3-8-1-2-9(4-12-8)16(14,15)13-5-7(11)6-13/h1-2,4,7H,5-6,11H2. The van der Waals surface area contributed by atoms with Crippen molar-refractivity contribution in [3.63, 3.8) is 0 Å². The van der Waals surface area contributed by atoms with Crippen molar-refractivity contribution in [2.45, 2.75) is 10.9 Å². The lowest BCUT2D eigenvalue weighted by Gasteiger charge is -2.35. The minimum absolute atomic E-state index is 0.0823. The Morgan fingerprint density at radius 2 is 2.19 bits per heavy atom. The summed E-state index contributed by atoms with van der Waals surface area (Å²) in [4.78, 5) is 3.82. The Balaban J connectivity index is 2.27. The molecule has 1 saturated heterocycles. The molecule has 84 valence electrons. The third kappa shape index (κ3) is 1.78. The lowest BCUT2D eigenvalue weighted by atomic mass is 10.2. The van der Waals surface area contributed by atoms with E-state index in [1.165, 1.54) is 22.6 Å². The number of nitrogens with zero attached hydrogens (tertiary/aromatic N) is 3. The second-order valence-corrected chi connectivity index (χ2v) is 5.51. The van der Waals surface area contributed by atoms with Crippen LogP contribution in [0.3, 0.4) is 0 Å². The van der Waals surface area contributed by atoms with Gasteiger partial charge in [-0.05, 0) is 12.1 Å². The molecule has 0 atom stereocenters. The van der Waals surface area contributed by atoms with Gasteiger partial charge in [0, 0.05) is 25.3 Å². The van der Waals surface area contributed by atoms with Crippen LogP contribution in [0.4, 0.5) is 0 Å². The summed E-state index contributed by atoms with van der Waals surface area (Å²) in [6, 6.07) is 4.51. The lowest BCUT2D eigenvalue weighted by molar-refractivity contribution is 0.265. The lowest BCUT2D eigenvalue weighted by Crippen LogP contribution is -2.57. The number of aromatic nitrogens is 1. The molecule has 2 rings (SSSR count). The highest BCUT2D eigenvalue weighted by molar-refractivity contribution is 7.89. The predicted molar refractivity (Wildman–Crippen MR) is 55.7 cm³/mol. The molecular formula is C9H10N4O2S. The topological polar surface area (TPSA) is 100 Å². The van der Waals surface area contributed by atoms with Gasteiger partial charge in [0.05, 0.1) is 0 Å². The first-order chi connectivity index (χ1) is 7.54. The maximum absolute atomic E-state index is 11.9. The monoisotopic (exact) mass is 238 g/mol. The van der Waals surface area contributed by atoms with Crippen molar-refractivity contribution in [2.24, 2.45) is 5.73 Å². The summed E-state index contributed by atoms with van der Waals surface area (Å²) in [7, 11) is -3.48. The Kier molecular flexibility index (Phi) is 2.63. The SMILES string of the molecule is N#Cc1ccc(S(=O)(=O)N2CC(N)C2)cn1. The largest absolute Gasteiger partial charge is 0.325 e. The number of pyridine rings is 1. The van der Waals surface area contributed by atoms with Crippen molar-refractivity contribution in [3.8, 4) is 6.07 Å². The molecule has 0 aliphatic carbocycles. The summed E-state index contributed by atoms with van der Waals surface area (Å²) in [5.74, 6) is 0. The number of nitriles is 1. The maximum Gasteiger partial charge on any atom is 0.244 e. The van der Waals surface area contributed by atoms with E-state index in [-0.39, 0.29) is 16.6 Å². The minimum Gasteiger partial charge on any atom is -0.325 e. The first-order valence-electron chi connectivity index (χ1n) is 4.66. The molecule has 1 fully saturated rings. The highest BCUT2D eigenvalue weighted by atomic mass is 32.2. The zero-order valence-corrected chi connectivity index (χ0v) is 9.18. The Labute approximate surface area is 93.4 Å². The molecule has 7 heteroatoms. The highest BCUT2D eigenvalue weighted by Crippen LogP contribution is 2.19. The van der Waals surface area contributed by atoms with E-state index >= 15 is 0 Å². The first-order valence-corrected chi connectivity index (χ1v) is 6.10. The fraction of sp³-hybridized carbons (Fsp3) is 0.333. The Bertz CT molecular complexity index is 526. The normalized spacial score (nSPS) is 17.8. The fourth-order valence-corrected chi connectivity index (χ4v) is 2.91. The Morgan fingerprint density at radius 1 is 1.50 bits per heavy atom. The molecule has 6 nitrogen and oxygen atoms in total. The van der Waals surface area contributed by atoms with E-state index < -0.39 is 10.0 Å². The Morgan fingerprint density at radius 3 is 2.62 bits per heavy atom. The molecule has 0 amide bonds. The molecule has 0 spiro atoms. The van der Waals surface area contributed by atoms with Crippen LogP contribution in [0, 0.1) is 11.3 Å². The first kappa shape index (κ1) is 11.0. The van der Waals surface area contributed by atoms with Crippen molar-refractivity contribution < 1.29 is 8.42 Å². The summed E-state index contributed by atoms with van der Waals surface area (Å²) in [6.45, 7) is 0.671. The highest BCUT2D eigenvalue weighted by Gasteiger charge is 2.34. The number of hydrogen-bond donors (Lipinski definition) is 1. The van der Waals surface area contributed by atoms with Gasteiger partial charge in [-0.25, -0.2) is 13.4 Å². The molecule has 0 saturated carbocycles. The molecular weight excluding hydrogens is 228 g/mol. The van der Waals surface area contributed by atoms with E-state index in [1.807, 2.05) is 6.07 Å². The van der Waals surface area contributed by atoms with Gasteiger partial charge in [0.2, 0.25) is 10.0 Å². The van der Waals surface area contributed by atoms with Crippen molar-refractivity contribution in [1.29, 1.82) is 5.26 Å². The van der Waals surface area contributed by atoms with Crippen molar-refractivity contribution in [1.82, 2.24) is 9.29 Å². The Hall–Kier alpha value is -1.49. The van der Waals surface area contributed by atoms with Crippen LogP contribution in [-0.2, 0) is 10.0 Å². The molecule has 0 bridgehead atoms. The molecule has 1 aromatic heterocycles. The zero-order chi connectivity index (χ0) is 11.8. The summed E-state index contributed by atoms with van der Waals surface area (Å²) in [5, 5.41) is 8.54. The molecule has 2 N–H and O–H groups in total. The zero-order valence-electron chi connectivity index (χ0n) is 8.37. The van der Waals surface area contributed by atoms with Gasteiger partial charge in [-0.15, -0.1) is 0 Å². The van der Waals surface area contributed by atoms with Crippen LogP contribution in [0.15, 0.2) is 23.2 Å². The van der Waals surface area contributed by atoms with Crippen LogP contribution >= 0.6 is 0 Å². The van der Waals surface area contributed by atoms with Crippen LogP contribution in [0.5, 0.6) is 0 Å². The van der Waals surface area contributed by atoms with Gasteiger partial charge >= 0.3 is 0 Å². The molecule has 0 radical (unpaired) electrons. The average Bonchev–Trinajstić information content (AvgIpc) is 2.25. The van der Waals surface area contributed by atoms with Crippen LogP contribution < -0.4 is 5.73 Å². The van der Waals surface area contributed by atoms with Gasteiger partial charge in [0.15, 0.2) is 0 Å². The second-order valence-electron chi connectivity index (χ2n) is 3.57.